The van der Waals surface area contributed by atoms with E-state index < -0.39 is 12.1 Å². The topological polar surface area (TPSA) is 86.8 Å². The van der Waals surface area contributed by atoms with Crippen LogP contribution in [-0.4, -0.2) is 22.9 Å². The highest BCUT2D eigenvalue weighted by Crippen LogP contribution is 2.28. The monoisotopic (exact) mass is 353 g/mol. The zero-order valence-electron chi connectivity index (χ0n) is 12.1. The Balaban J connectivity index is 1.97. The van der Waals surface area contributed by atoms with Gasteiger partial charge in [0.1, 0.15) is 5.75 Å². The molecule has 1 atom stereocenters. The Morgan fingerprint density at radius 1 is 1.35 bits per heavy atom. The van der Waals surface area contributed by atoms with Gasteiger partial charge in [0.05, 0.1) is 5.02 Å². The Labute approximate surface area is 142 Å². The van der Waals surface area contributed by atoms with Gasteiger partial charge in [-0.2, -0.15) is 0 Å². The van der Waals surface area contributed by atoms with Crippen molar-refractivity contribution >= 4 is 35.0 Å². The molecule has 0 amide bonds. The highest BCUT2D eigenvalue weighted by Gasteiger charge is 2.18. The molecule has 6 nitrogen and oxygen atoms in total. The zero-order chi connectivity index (χ0) is 16.8. The number of pyridine rings is 1. The van der Waals surface area contributed by atoms with Crippen molar-refractivity contribution in [1.82, 2.24) is 4.98 Å². The summed E-state index contributed by atoms with van der Waals surface area (Å²) in [6.07, 6.45) is 2.16. The Morgan fingerprint density at radius 2 is 2.13 bits per heavy atom. The van der Waals surface area contributed by atoms with Gasteiger partial charge < -0.3 is 15.3 Å². The molecule has 1 aromatic carbocycles. The van der Waals surface area contributed by atoms with E-state index in [2.05, 4.69) is 10.1 Å². The summed E-state index contributed by atoms with van der Waals surface area (Å²) in [5, 5.41) is 4.32. The molecular weight excluding hydrogens is 341 g/mol. The maximum Gasteiger partial charge on any atom is 0.374 e. The normalized spacial score (nSPS) is 12.6. The van der Waals surface area contributed by atoms with Crippen molar-refractivity contribution < 1.29 is 14.4 Å². The average Bonchev–Trinajstić information content (AvgIpc) is 2.55. The van der Waals surface area contributed by atoms with Gasteiger partial charge in [-0.3, -0.25) is 4.98 Å². The molecule has 1 heterocycles. The van der Waals surface area contributed by atoms with Gasteiger partial charge >= 0.3 is 5.97 Å². The Kier molecular flexibility index (Phi) is 5.78. The van der Waals surface area contributed by atoms with Crippen molar-refractivity contribution in [2.45, 2.75) is 13.0 Å². The number of amidine groups is 1. The van der Waals surface area contributed by atoms with Gasteiger partial charge in [0.15, 0.2) is 11.9 Å². The number of nitrogens with two attached hydrogens (primary N) is 1. The third kappa shape index (κ3) is 4.84. The number of hydrogen-bond donors (Lipinski definition) is 1. The summed E-state index contributed by atoms with van der Waals surface area (Å²) in [7, 11) is 0. The standard InChI is InChI=1S/C15H13Cl2N3O3/c1-9(22-13-5-4-11(16)7-12(13)17)15(21)23-20-14(18)10-3-2-6-19-8-10/h2-9H,1H3,(H2,18,20)/t9-/m1/s1. The minimum atomic E-state index is -0.931. The first-order chi connectivity index (χ1) is 11.0. The van der Waals surface area contributed by atoms with E-state index in [4.69, 9.17) is 38.5 Å². The second kappa shape index (κ2) is 7.80. The number of benzene rings is 1. The highest BCUT2D eigenvalue weighted by molar-refractivity contribution is 6.35. The molecule has 0 aliphatic heterocycles. The molecule has 0 saturated carbocycles. The summed E-state index contributed by atoms with van der Waals surface area (Å²) in [6, 6.07) is 8.04. The van der Waals surface area contributed by atoms with Crippen LogP contribution in [0.5, 0.6) is 5.75 Å². The van der Waals surface area contributed by atoms with Crippen LogP contribution in [0.25, 0.3) is 0 Å². The number of oxime groups is 1. The maximum atomic E-state index is 11.9. The van der Waals surface area contributed by atoms with Crippen LogP contribution in [0.4, 0.5) is 0 Å². The Bertz CT molecular complexity index is 723. The van der Waals surface area contributed by atoms with Gasteiger partial charge in [0, 0.05) is 23.0 Å². The van der Waals surface area contributed by atoms with Crippen molar-refractivity contribution in [1.29, 1.82) is 0 Å². The fraction of sp³-hybridized carbons (Fsp3) is 0.133. The van der Waals surface area contributed by atoms with E-state index in [1.807, 2.05) is 0 Å². The quantitative estimate of drug-likeness (QED) is 0.386. The number of aromatic nitrogens is 1. The van der Waals surface area contributed by atoms with Crippen molar-refractivity contribution in [3.63, 3.8) is 0 Å². The molecule has 8 heteroatoms. The van der Waals surface area contributed by atoms with Crippen LogP contribution in [0.1, 0.15) is 12.5 Å². The van der Waals surface area contributed by atoms with Crippen molar-refractivity contribution in [2.75, 3.05) is 0 Å². The van der Waals surface area contributed by atoms with Crippen LogP contribution < -0.4 is 10.5 Å². The van der Waals surface area contributed by atoms with Gasteiger partial charge in [-0.1, -0.05) is 28.4 Å². The highest BCUT2D eigenvalue weighted by atomic mass is 35.5. The van der Waals surface area contributed by atoms with E-state index in [0.29, 0.717) is 16.3 Å². The van der Waals surface area contributed by atoms with Gasteiger partial charge in [0.25, 0.3) is 0 Å². The summed E-state index contributed by atoms with van der Waals surface area (Å²) in [5.41, 5.74) is 6.23. The van der Waals surface area contributed by atoms with Gasteiger partial charge in [-0.25, -0.2) is 4.79 Å². The van der Waals surface area contributed by atoms with E-state index in [1.165, 1.54) is 19.2 Å². The third-order valence-electron chi connectivity index (χ3n) is 2.72. The molecule has 0 aliphatic carbocycles. The first-order valence-electron chi connectivity index (χ1n) is 6.54. The predicted molar refractivity (Wildman–Crippen MR) is 87.6 cm³/mol. The first-order valence-corrected chi connectivity index (χ1v) is 7.29. The second-order valence-electron chi connectivity index (χ2n) is 4.46. The molecule has 23 heavy (non-hydrogen) atoms. The van der Waals surface area contributed by atoms with Crippen LogP contribution >= 0.6 is 23.2 Å². The van der Waals surface area contributed by atoms with Crippen LogP contribution in [-0.2, 0) is 9.63 Å². The fourth-order valence-electron chi connectivity index (χ4n) is 1.54. The van der Waals surface area contributed by atoms with Crippen LogP contribution in [0.2, 0.25) is 10.0 Å². The number of halogens is 2. The lowest BCUT2D eigenvalue weighted by atomic mass is 10.3. The lowest BCUT2D eigenvalue weighted by Gasteiger charge is -2.13. The summed E-state index contributed by atoms with van der Waals surface area (Å²) >= 11 is 11.8. The SMILES string of the molecule is C[C@@H](Oc1ccc(Cl)cc1Cl)C(=O)O/N=C(/N)c1cccnc1. The van der Waals surface area contributed by atoms with Crippen molar-refractivity contribution in [3.05, 3.63) is 58.3 Å². The Hall–Kier alpha value is -2.31. The summed E-state index contributed by atoms with van der Waals surface area (Å²) < 4.78 is 5.41. The van der Waals surface area contributed by atoms with Crippen molar-refractivity contribution in [3.8, 4) is 5.75 Å². The number of rotatable bonds is 5. The molecule has 1 aromatic heterocycles. The zero-order valence-corrected chi connectivity index (χ0v) is 13.6. The summed E-state index contributed by atoms with van der Waals surface area (Å²) in [5.74, 6) is -0.379. The molecule has 0 unspecified atom stereocenters. The summed E-state index contributed by atoms with van der Waals surface area (Å²) in [4.78, 5) is 20.5. The lowest BCUT2D eigenvalue weighted by Crippen LogP contribution is -2.26. The molecule has 0 spiro atoms. The van der Waals surface area contributed by atoms with Gasteiger partial charge in [-0.15, -0.1) is 0 Å². The fourth-order valence-corrected chi connectivity index (χ4v) is 2.00. The van der Waals surface area contributed by atoms with Crippen LogP contribution in [0.15, 0.2) is 47.9 Å². The summed E-state index contributed by atoms with van der Waals surface area (Å²) in [6.45, 7) is 1.50. The first kappa shape index (κ1) is 17.1. The molecule has 0 saturated heterocycles. The minimum absolute atomic E-state index is 0.0307. The molecule has 0 aliphatic rings. The van der Waals surface area contributed by atoms with E-state index in [-0.39, 0.29) is 10.9 Å². The number of hydrogen-bond acceptors (Lipinski definition) is 5. The smallest absolute Gasteiger partial charge is 0.374 e. The largest absolute Gasteiger partial charge is 0.477 e. The Morgan fingerprint density at radius 3 is 2.78 bits per heavy atom. The van der Waals surface area contributed by atoms with E-state index >= 15 is 0 Å². The minimum Gasteiger partial charge on any atom is -0.477 e. The molecule has 0 bridgehead atoms. The molecule has 120 valence electrons. The molecular formula is C15H13Cl2N3O3. The van der Waals surface area contributed by atoms with Crippen LogP contribution in [0.3, 0.4) is 0 Å². The van der Waals surface area contributed by atoms with E-state index in [9.17, 15) is 4.79 Å². The van der Waals surface area contributed by atoms with E-state index in [1.54, 1.807) is 30.5 Å². The number of carbonyl (C=O) groups excluding carboxylic acids is 1. The third-order valence-corrected chi connectivity index (χ3v) is 3.25. The molecule has 2 rings (SSSR count). The van der Waals surface area contributed by atoms with Gasteiger partial charge in [0.2, 0.25) is 0 Å². The number of ether oxygens (including phenoxy) is 1. The van der Waals surface area contributed by atoms with Gasteiger partial charge in [-0.05, 0) is 37.3 Å². The molecule has 0 fully saturated rings. The molecule has 0 radical (unpaired) electrons. The number of nitrogens with zero attached hydrogens (tertiary/aromatic N) is 2. The maximum absolute atomic E-state index is 11.9. The predicted octanol–water partition coefficient (Wildman–Crippen LogP) is 3.02. The average molecular weight is 354 g/mol. The van der Waals surface area contributed by atoms with E-state index in [0.717, 1.165) is 0 Å². The molecule has 2 N–H and O–H groups in total. The lowest BCUT2D eigenvalue weighted by molar-refractivity contribution is -0.151. The van der Waals surface area contributed by atoms with Crippen molar-refractivity contribution in [2.24, 2.45) is 10.9 Å². The molecule has 2 aromatic rings. The number of carbonyl (C=O) groups is 1. The van der Waals surface area contributed by atoms with Crippen LogP contribution in [0, 0.1) is 0 Å². The second-order valence-corrected chi connectivity index (χ2v) is 5.31.